The molecule has 1 heterocycles. The molecule has 4 nitrogen and oxygen atoms in total. The molecule has 1 aromatic rings. The maximum absolute atomic E-state index is 12.2. The van der Waals surface area contributed by atoms with E-state index in [9.17, 15) is 4.79 Å². The summed E-state index contributed by atoms with van der Waals surface area (Å²) < 4.78 is 0. The summed E-state index contributed by atoms with van der Waals surface area (Å²) in [5.74, 6) is 7.13. The minimum absolute atomic E-state index is 0.0772. The fourth-order valence-corrected chi connectivity index (χ4v) is 2.47. The van der Waals surface area contributed by atoms with Gasteiger partial charge in [0, 0.05) is 5.92 Å². The second kappa shape index (κ2) is 7.06. The van der Waals surface area contributed by atoms with Crippen LogP contribution in [0.2, 0.25) is 0 Å². The maximum atomic E-state index is 12.2. The summed E-state index contributed by atoms with van der Waals surface area (Å²) >= 11 is 0. The summed E-state index contributed by atoms with van der Waals surface area (Å²) in [5.41, 5.74) is 5.96. The molecule has 1 fully saturated rings. The second-order valence-corrected chi connectivity index (χ2v) is 5.36. The van der Waals surface area contributed by atoms with Crippen molar-refractivity contribution in [2.75, 3.05) is 11.9 Å². The predicted molar refractivity (Wildman–Crippen MR) is 79.9 cm³/mol. The normalized spacial score (nSPS) is 21.7. The highest BCUT2D eigenvalue weighted by molar-refractivity contribution is 5.91. The number of aromatic nitrogens is 1. The fraction of sp³-hybridized carbons (Fsp3) is 0.500. The number of rotatable bonds is 2. The van der Waals surface area contributed by atoms with Crippen molar-refractivity contribution in [3.63, 3.8) is 0 Å². The number of nitrogens with two attached hydrogens (primary N) is 1. The minimum atomic E-state index is 0.0772. The summed E-state index contributed by atoms with van der Waals surface area (Å²) in [6, 6.07) is 5.43. The van der Waals surface area contributed by atoms with Gasteiger partial charge in [0.25, 0.3) is 0 Å². The average molecular weight is 271 g/mol. The van der Waals surface area contributed by atoms with E-state index in [-0.39, 0.29) is 11.8 Å². The zero-order valence-electron chi connectivity index (χ0n) is 11.9. The SMILES string of the molecule is CC1CCC(C(=O)Nc2cccc(C#CCN)n2)CC1. The third-order valence-corrected chi connectivity index (χ3v) is 3.71. The summed E-state index contributed by atoms with van der Waals surface area (Å²) in [5, 5.41) is 2.89. The van der Waals surface area contributed by atoms with E-state index in [1.165, 1.54) is 0 Å². The van der Waals surface area contributed by atoms with E-state index in [0.717, 1.165) is 31.6 Å². The van der Waals surface area contributed by atoms with E-state index >= 15 is 0 Å². The predicted octanol–water partition coefficient (Wildman–Crippen LogP) is 2.16. The van der Waals surface area contributed by atoms with Gasteiger partial charge in [0.2, 0.25) is 5.91 Å². The van der Waals surface area contributed by atoms with Crippen molar-refractivity contribution in [1.82, 2.24) is 4.98 Å². The zero-order chi connectivity index (χ0) is 14.4. The number of anilines is 1. The van der Waals surface area contributed by atoms with Gasteiger partial charge in [0.1, 0.15) is 11.5 Å². The molecule has 0 bridgehead atoms. The van der Waals surface area contributed by atoms with Crippen molar-refractivity contribution in [2.45, 2.75) is 32.6 Å². The molecule has 0 saturated heterocycles. The monoisotopic (exact) mass is 271 g/mol. The number of hydrogen-bond donors (Lipinski definition) is 2. The molecule has 1 amide bonds. The fourth-order valence-electron chi connectivity index (χ4n) is 2.47. The molecule has 20 heavy (non-hydrogen) atoms. The van der Waals surface area contributed by atoms with Crippen LogP contribution in [0.4, 0.5) is 5.82 Å². The molecule has 1 aliphatic rings. The van der Waals surface area contributed by atoms with Crippen LogP contribution in [-0.4, -0.2) is 17.4 Å². The van der Waals surface area contributed by atoms with Crippen molar-refractivity contribution in [3.8, 4) is 11.8 Å². The summed E-state index contributed by atoms with van der Waals surface area (Å²) in [7, 11) is 0. The lowest BCUT2D eigenvalue weighted by Crippen LogP contribution is -2.27. The number of carbonyl (C=O) groups excluding carboxylic acids is 1. The van der Waals surface area contributed by atoms with Crippen molar-refractivity contribution in [1.29, 1.82) is 0 Å². The van der Waals surface area contributed by atoms with Gasteiger partial charge in [-0.3, -0.25) is 4.79 Å². The van der Waals surface area contributed by atoms with Crippen LogP contribution in [0.5, 0.6) is 0 Å². The Balaban J connectivity index is 1.97. The van der Waals surface area contributed by atoms with Gasteiger partial charge in [-0.15, -0.1) is 0 Å². The van der Waals surface area contributed by atoms with Crippen LogP contribution in [0.1, 0.15) is 38.3 Å². The van der Waals surface area contributed by atoms with Gasteiger partial charge in [-0.05, 0) is 49.7 Å². The van der Waals surface area contributed by atoms with Gasteiger partial charge >= 0.3 is 0 Å². The maximum Gasteiger partial charge on any atom is 0.228 e. The lowest BCUT2D eigenvalue weighted by molar-refractivity contribution is -0.121. The van der Waals surface area contributed by atoms with E-state index in [0.29, 0.717) is 18.1 Å². The molecule has 3 N–H and O–H groups in total. The average Bonchev–Trinajstić information content (AvgIpc) is 2.46. The second-order valence-electron chi connectivity index (χ2n) is 5.36. The molecule has 1 aromatic heterocycles. The highest BCUT2D eigenvalue weighted by Gasteiger charge is 2.24. The Morgan fingerprint density at radius 1 is 1.40 bits per heavy atom. The van der Waals surface area contributed by atoms with Gasteiger partial charge < -0.3 is 11.1 Å². The molecule has 0 spiro atoms. The molecule has 4 heteroatoms. The first-order valence-electron chi connectivity index (χ1n) is 7.16. The Labute approximate surface area is 120 Å². The molecular weight excluding hydrogens is 250 g/mol. The first-order chi connectivity index (χ1) is 9.69. The van der Waals surface area contributed by atoms with Crippen LogP contribution in [0.3, 0.4) is 0 Å². The highest BCUT2D eigenvalue weighted by Crippen LogP contribution is 2.28. The molecule has 0 atom stereocenters. The number of nitrogens with zero attached hydrogens (tertiary/aromatic N) is 1. The number of carbonyl (C=O) groups is 1. The summed E-state index contributed by atoms with van der Waals surface area (Å²) in [6.07, 6.45) is 4.21. The Kier molecular flexibility index (Phi) is 5.14. The Morgan fingerprint density at radius 2 is 2.15 bits per heavy atom. The summed E-state index contributed by atoms with van der Waals surface area (Å²) in [4.78, 5) is 16.5. The Bertz CT molecular complexity index is 522. The highest BCUT2D eigenvalue weighted by atomic mass is 16.1. The standard InChI is InChI=1S/C16H21N3O/c1-12-7-9-13(10-8-12)16(20)19-15-6-2-4-14(18-15)5-3-11-17/h2,4,6,12-13H,7-11,17H2,1H3,(H,18,19,20). The number of nitrogens with one attached hydrogen (secondary N) is 1. The van der Waals surface area contributed by atoms with E-state index in [2.05, 4.69) is 29.1 Å². The van der Waals surface area contributed by atoms with E-state index in [4.69, 9.17) is 5.73 Å². The van der Waals surface area contributed by atoms with Crippen LogP contribution >= 0.6 is 0 Å². The first-order valence-corrected chi connectivity index (χ1v) is 7.16. The molecule has 0 unspecified atom stereocenters. The van der Waals surface area contributed by atoms with Crippen molar-refractivity contribution in [2.24, 2.45) is 17.6 Å². The smallest absolute Gasteiger partial charge is 0.228 e. The molecule has 0 aromatic carbocycles. The quantitative estimate of drug-likeness (QED) is 0.810. The number of pyridine rings is 1. The Morgan fingerprint density at radius 3 is 2.85 bits per heavy atom. The Hall–Kier alpha value is -1.86. The van der Waals surface area contributed by atoms with Gasteiger partial charge in [-0.1, -0.05) is 18.9 Å². The molecule has 1 saturated carbocycles. The van der Waals surface area contributed by atoms with Crippen LogP contribution in [-0.2, 0) is 4.79 Å². The van der Waals surface area contributed by atoms with Gasteiger partial charge in [0.05, 0.1) is 6.54 Å². The number of hydrogen-bond acceptors (Lipinski definition) is 3. The van der Waals surface area contributed by atoms with Gasteiger partial charge in [0.15, 0.2) is 0 Å². The molecule has 2 rings (SSSR count). The first kappa shape index (κ1) is 14.5. The minimum Gasteiger partial charge on any atom is -0.320 e. The van der Waals surface area contributed by atoms with E-state index in [1.807, 2.05) is 6.07 Å². The molecular formula is C16H21N3O. The molecule has 1 aliphatic carbocycles. The largest absolute Gasteiger partial charge is 0.320 e. The zero-order valence-corrected chi connectivity index (χ0v) is 11.9. The third-order valence-electron chi connectivity index (χ3n) is 3.71. The number of amides is 1. The topological polar surface area (TPSA) is 68.0 Å². The van der Waals surface area contributed by atoms with Crippen LogP contribution in [0, 0.1) is 23.7 Å². The van der Waals surface area contributed by atoms with Crippen LogP contribution in [0.25, 0.3) is 0 Å². The van der Waals surface area contributed by atoms with Crippen LogP contribution < -0.4 is 11.1 Å². The van der Waals surface area contributed by atoms with Crippen LogP contribution in [0.15, 0.2) is 18.2 Å². The summed E-state index contributed by atoms with van der Waals surface area (Å²) in [6.45, 7) is 2.55. The molecule has 106 valence electrons. The van der Waals surface area contributed by atoms with Crippen molar-refractivity contribution in [3.05, 3.63) is 23.9 Å². The lowest BCUT2D eigenvalue weighted by Gasteiger charge is -2.25. The van der Waals surface area contributed by atoms with E-state index in [1.54, 1.807) is 12.1 Å². The molecule has 0 aliphatic heterocycles. The third kappa shape index (κ3) is 4.07. The lowest BCUT2D eigenvalue weighted by atomic mass is 9.82. The van der Waals surface area contributed by atoms with Crippen molar-refractivity contribution < 1.29 is 4.79 Å². The van der Waals surface area contributed by atoms with Gasteiger partial charge in [-0.25, -0.2) is 4.98 Å². The molecule has 0 radical (unpaired) electrons. The van der Waals surface area contributed by atoms with Crippen molar-refractivity contribution >= 4 is 11.7 Å². The van der Waals surface area contributed by atoms with Gasteiger partial charge in [-0.2, -0.15) is 0 Å². The van der Waals surface area contributed by atoms with E-state index < -0.39 is 0 Å².